The molecule has 0 fully saturated rings. The molecular weight excluding hydrogens is 145 g/mol. The fourth-order valence-electron chi connectivity index (χ4n) is 0.396. The van der Waals surface area contributed by atoms with Gasteiger partial charge >= 0.3 is 16.7 Å². The van der Waals surface area contributed by atoms with Crippen molar-refractivity contribution < 1.29 is 4.21 Å². The van der Waals surface area contributed by atoms with E-state index in [1.807, 2.05) is 0 Å². The molecule has 0 atom stereocenters. The van der Waals surface area contributed by atoms with Gasteiger partial charge in [-0.15, -0.1) is 0 Å². The SMILES string of the molecule is O=[S+]c1ccccn1.[Na]. The van der Waals surface area contributed by atoms with Gasteiger partial charge in [0.15, 0.2) is 0 Å². The number of hydrogen-bond donors (Lipinski definition) is 0. The van der Waals surface area contributed by atoms with E-state index < -0.39 is 0 Å². The van der Waals surface area contributed by atoms with Gasteiger partial charge in [-0.2, -0.15) is 4.98 Å². The summed E-state index contributed by atoms with van der Waals surface area (Å²) < 4.78 is 9.99. The van der Waals surface area contributed by atoms with Crippen LogP contribution >= 0.6 is 0 Å². The van der Waals surface area contributed by atoms with E-state index in [0.717, 1.165) is 0 Å². The van der Waals surface area contributed by atoms with Crippen LogP contribution < -0.4 is 0 Å². The normalized spacial score (nSPS) is 7.56. The third-order valence-corrected chi connectivity index (χ3v) is 1.14. The van der Waals surface area contributed by atoms with Gasteiger partial charge in [0, 0.05) is 46.0 Å². The van der Waals surface area contributed by atoms with Crippen LogP contribution in [-0.4, -0.2) is 34.5 Å². The second-order valence-electron chi connectivity index (χ2n) is 1.25. The van der Waals surface area contributed by atoms with E-state index in [-0.39, 0.29) is 29.6 Å². The first kappa shape index (κ1) is 9.17. The van der Waals surface area contributed by atoms with Crippen LogP contribution in [0.25, 0.3) is 0 Å². The fraction of sp³-hybridized carbons (Fsp3) is 0. The van der Waals surface area contributed by atoms with Crippen LogP contribution in [0.4, 0.5) is 0 Å². The first-order valence-electron chi connectivity index (χ1n) is 2.14. The molecule has 4 heteroatoms. The van der Waals surface area contributed by atoms with Crippen LogP contribution in [0.15, 0.2) is 29.4 Å². The molecule has 1 heterocycles. The molecule has 0 aliphatic heterocycles. The van der Waals surface area contributed by atoms with Gasteiger partial charge in [0.05, 0.1) is 0 Å². The van der Waals surface area contributed by atoms with Crippen LogP contribution in [0.5, 0.6) is 0 Å². The third kappa shape index (κ3) is 3.01. The van der Waals surface area contributed by atoms with Crippen molar-refractivity contribution in [1.82, 2.24) is 4.98 Å². The van der Waals surface area contributed by atoms with Gasteiger partial charge in [0.1, 0.15) is 0 Å². The van der Waals surface area contributed by atoms with E-state index in [9.17, 15) is 4.21 Å². The first-order valence-corrected chi connectivity index (χ1v) is 2.88. The van der Waals surface area contributed by atoms with Gasteiger partial charge in [-0.25, -0.2) is 0 Å². The van der Waals surface area contributed by atoms with Gasteiger partial charge in [0.2, 0.25) is 0 Å². The smallest absolute Gasteiger partial charge is 0.198 e. The molecule has 0 aliphatic carbocycles. The number of rotatable bonds is 1. The van der Waals surface area contributed by atoms with Gasteiger partial charge in [0.25, 0.3) is 0 Å². The number of hydrogen-bond acceptors (Lipinski definition) is 2. The van der Waals surface area contributed by atoms with E-state index in [1.54, 1.807) is 24.4 Å². The minimum absolute atomic E-state index is 0. The zero-order valence-corrected chi connectivity index (χ0v) is 7.89. The zero-order valence-electron chi connectivity index (χ0n) is 5.07. The summed E-state index contributed by atoms with van der Waals surface area (Å²) in [4.78, 5) is 3.75. The molecule has 1 aromatic heterocycles. The topological polar surface area (TPSA) is 30.0 Å². The van der Waals surface area contributed by atoms with Crippen molar-refractivity contribution in [2.45, 2.75) is 5.03 Å². The molecule has 0 N–H and O–H groups in total. The van der Waals surface area contributed by atoms with Crippen molar-refractivity contribution in [3.8, 4) is 0 Å². The molecule has 9 heavy (non-hydrogen) atoms. The van der Waals surface area contributed by atoms with E-state index in [4.69, 9.17) is 0 Å². The molecule has 2 nitrogen and oxygen atoms in total. The summed E-state index contributed by atoms with van der Waals surface area (Å²) in [5, 5.41) is 0.521. The van der Waals surface area contributed by atoms with Crippen LogP contribution in [0.1, 0.15) is 0 Å². The average molecular weight is 149 g/mol. The summed E-state index contributed by atoms with van der Waals surface area (Å²) >= 11 is 0.408. The number of pyridine rings is 1. The average Bonchev–Trinajstić information content (AvgIpc) is 1.90. The molecule has 0 aromatic carbocycles. The van der Waals surface area contributed by atoms with Crippen molar-refractivity contribution in [2.75, 3.05) is 0 Å². The van der Waals surface area contributed by atoms with Crippen LogP contribution in [-0.2, 0) is 15.9 Å². The molecule has 1 aromatic rings. The molecule has 1 radical (unpaired) electrons. The summed E-state index contributed by atoms with van der Waals surface area (Å²) in [5.41, 5.74) is 0. The Hall–Kier alpha value is 0.170. The Balaban J connectivity index is 0.000000640. The standard InChI is InChI=1S/C5H4NOS.Na/c7-8-5-3-1-2-4-6-5;/h1-4H;/q+1;. The Morgan fingerprint density at radius 2 is 2.22 bits per heavy atom. The van der Waals surface area contributed by atoms with Crippen molar-refractivity contribution in [1.29, 1.82) is 0 Å². The molecule has 0 saturated heterocycles. The quantitative estimate of drug-likeness (QED) is 0.429. The van der Waals surface area contributed by atoms with Crippen LogP contribution in [0, 0.1) is 0 Å². The first-order chi connectivity index (χ1) is 3.93. The van der Waals surface area contributed by atoms with E-state index in [0.29, 0.717) is 16.7 Å². The Kier molecular flexibility index (Phi) is 5.09. The molecule has 0 unspecified atom stereocenters. The van der Waals surface area contributed by atoms with Crippen molar-refractivity contribution in [2.24, 2.45) is 0 Å². The van der Waals surface area contributed by atoms with Gasteiger partial charge in [-0.1, -0.05) is 6.07 Å². The summed E-state index contributed by atoms with van der Waals surface area (Å²) in [6, 6.07) is 5.24. The monoisotopic (exact) mass is 149 g/mol. The van der Waals surface area contributed by atoms with Crippen molar-refractivity contribution >= 4 is 41.2 Å². The number of aromatic nitrogens is 1. The molecule has 0 bridgehead atoms. The third-order valence-electron chi connectivity index (χ3n) is 0.723. The summed E-state index contributed by atoms with van der Waals surface area (Å²) in [5.74, 6) is 0. The second-order valence-corrected chi connectivity index (χ2v) is 1.84. The van der Waals surface area contributed by atoms with Crippen LogP contribution in [0.3, 0.4) is 0 Å². The maximum atomic E-state index is 9.99. The Morgan fingerprint density at radius 3 is 2.56 bits per heavy atom. The zero-order chi connectivity index (χ0) is 5.82. The molecule has 0 aliphatic rings. The summed E-state index contributed by atoms with van der Waals surface area (Å²) in [6.07, 6.45) is 1.60. The predicted octanol–water partition coefficient (Wildman–Crippen LogP) is 0.488. The molecule has 0 spiro atoms. The number of nitrogens with zero attached hydrogens (tertiary/aromatic N) is 1. The minimum Gasteiger partial charge on any atom is -0.198 e. The van der Waals surface area contributed by atoms with Crippen LogP contribution in [0.2, 0.25) is 0 Å². The summed E-state index contributed by atoms with van der Waals surface area (Å²) in [6.45, 7) is 0. The Bertz CT molecular complexity index is 180. The molecule has 0 saturated carbocycles. The minimum atomic E-state index is 0. The Labute approximate surface area is 79.5 Å². The molecule has 0 amide bonds. The molecule has 41 valence electrons. The van der Waals surface area contributed by atoms with Gasteiger partial charge < -0.3 is 0 Å². The summed E-state index contributed by atoms with van der Waals surface area (Å²) in [7, 11) is 0. The second kappa shape index (κ2) is 4.99. The molecule has 1 rings (SSSR count). The van der Waals surface area contributed by atoms with Crippen molar-refractivity contribution in [3.63, 3.8) is 0 Å². The van der Waals surface area contributed by atoms with Gasteiger partial charge in [-0.05, 0) is 6.07 Å². The maximum absolute atomic E-state index is 9.99. The predicted molar refractivity (Wildman–Crippen MR) is 36.3 cm³/mol. The maximum Gasteiger partial charge on any atom is 0.527 e. The molecular formula is C5H4NNaOS+. The van der Waals surface area contributed by atoms with E-state index in [1.165, 1.54) is 0 Å². The van der Waals surface area contributed by atoms with Gasteiger partial charge in [-0.3, -0.25) is 0 Å². The van der Waals surface area contributed by atoms with Crippen molar-refractivity contribution in [3.05, 3.63) is 24.4 Å². The largest absolute Gasteiger partial charge is 0.527 e. The Morgan fingerprint density at radius 1 is 1.44 bits per heavy atom. The van der Waals surface area contributed by atoms with E-state index >= 15 is 0 Å². The fourth-order valence-corrected chi connectivity index (χ4v) is 0.634. The van der Waals surface area contributed by atoms with E-state index in [2.05, 4.69) is 4.98 Å².